The lowest BCUT2D eigenvalue weighted by Gasteiger charge is -2.25. The first kappa shape index (κ1) is 15.5. The van der Waals surface area contributed by atoms with Crippen LogP contribution in [0.25, 0.3) is 10.9 Å². The Morgan fingerprint density at radius 3 is 2.77 bits per heavy atom. The van der Waals surface area contributed by atoms with Crippen LogP contribution in [0.2, 0.25) is 0 Å². The number of nitrogens with zero attached hydrogens (tertiary/aromatic N) is 2. The smallest absolute Gasteiger partial charge is 0.258 e. The minimum Gasteiger partial charge on any atom is -0.307 e. The number of aromatic nitrogens is 1. The fourth-order valence-corrected chi connectivity index (χ4v) is 4.74. The quantitative estimate of drug-likeness (QED) is 0.631. The number of fused-ring (bicyclic) bond motifs is 3. The van der Waals surface area contributed by atoms with Gasteiger partial charge < -0.3 is 4.90 Å². The van der Waals surface area contributed by atoms with Gasteiger partial charge in [-0.2, -0.15) is 0 Å². The van der Waals surface area contributed by atoms with Crippen molar-refractivity contribution in [3.8, 4) is 0 Å². The van der Waals surface area contributed by atoms with Gasteiger partial charge in [-0.1, -0.05) is 25.0 Å². The Kier molecular flexibility index (Phi) is 3.36. The number of rotatable bonds is 1. The zero-order valence-electron chi connectivity index (χ0n) is 14.4. The van der Waals surface area contributed by atoms with Gasteiger partial charge in [0.25, 0.3) is 5.91 Å². The van der Waals surface area contributed by atoms with E-state index in [9.17, 15) is 9.18 Å². The number of benzene rings is 2. The monoisotopic (exact) mass is 346 g/mol. The Labute approximate surface area is 151 Å². The zero-order chi connectivity index (χ0) is 17.7. The van der Waals surface area contributed by atoms with E-state index < -0.39 is 0 Å². The molecule has 1 aliphatic heterocycles. The van der Waals surface area contributed by atoms with Crippen LogP contribution in [-0.4, -0.2) is 17.4 Å². The fraction of sp³-hybridized carbons (Fsp3) is 0.273. The average Bonchev–Trinajstić information content (AvgIpc) is 3.27. The third-order valence-electron chi connectivity index (χ3n) is 5.93. The van der Waals surface area contributed by atoms with Crippen LogP contribution in [-0.2, 0) is 5.41 Å². The third-order valence-corrected chi connectivity index (χ3v) is 5.93. The van der Waals surface area contributed by atoms with E-state index in [4.69, 9.17) is 0 Å². The van der Waals surface area contributed by atoms with E-state index in [0.29, 0.717) is 12.1 Å². The Morgan fingerprint density at radius 1 is 1.08 bits per heavy atom. The van der Waals surface area contributed by atoms with Crippen molar-refractivity contribution >= 4 is 22.5 Å². The van der Waals surface area contributed by atoms with Crippen molar-refractivity contribution in [2.45, 2.75) is 31.1 Å². The van der Waals surface area contributed by atoms with Crippen molar-refractivity contribution in [3.05, 3.63) is 71.7 Å². The summed E-state index contributed by atoms with van der Waals surface area (Å²) in [7, 11) is 0. The van der Waals surface area contributed by atoms with E-state index >= 15 is 0 Å². The molecule has 0 atom stereocenters. The minimum absolute atomic E-state index is 0.0635. The summed E-state index contributed by atoms with van der Waals surface area (Å²) in [6.07, 6.45) is 5.83. The molecule has 1 fully saturated rings. The maximum atomic E-state index is 14.7. The molecular formula is C22H19FN2O. The molecule has 2 aromatic carbocycles. The van der Waals surface area contributed by atoms with E-state index in [1.54, 1.807) is 17.2 Å². The molecule has 26 heavy (non-hydrogen) atoms. The topological polar surface area (TPSA) is 33.2 Å². The molecule has 1 spiro atoms. The van der Waals surface area contributed by atoms with E-state index in [0.717, 1.165) is 47.8 Å². The number of pyridine rings is 1. The summed E-state index contributed by atoms with van der Waals surface area (Å²) < 4.78 is 14.7. The Balaban J connectivity index is 1.59. The second-order valence-corrected chi connectivity index (χ2v) is 7.42. The highest BCUT2D eigenvalue weighted by atomic mass is 19.1. The standard InChI is InChI=1S/C22H19FN2O/c23-17-6-3-7-19-20(17)22(10-1-2-11-22)14-25(19)21(26)16-8-9-18-15(13-16)5-4-12-24-18/h3-9,12-13H,1-2,10-11,14H2. The van der Waals surface area contributed by atoms with E-state index in [-0.39, 0.29) is 17.1 Å². The lowest BCUT2D eigenvalue weighted by Crippen LogP contribution is -2.35. The van der Waals surface area contributed by atoms with Gasteiger partial charge in [0.15, 0.2) is 0 Å². The van der Waals surface area contributed by atoms with Crippen LogP contribution in [0.15, 0.2) is 54.7 Å². The number of carbonyl (C=O) groups excluding carboxylic acids is 1. The number of amides is 1. The van der Waals surface area contributed by atoms with Crippen LogP contribution in [0.4, 0.5) is 10.1 Å². The second-order valence-electron chi connectivity index (χ2n) is 7.42. The molecule has 5 rings (SSSR count). The van der Waals surface area contributed by atoms with Crippen molar-refractivity contribution in [1.29, 1.82) is 0 Å². The summed E-state index contributed by atoms with van der Waals surface area (Å²) >= 11 is 0. The SMILES string of the molecule is O=C(c1ccc2ncccc2c1)N1CC2(CCCC2)c2c(F)cccc21. The Morgan fingerprint density at radius 2 is 1.92 bits per heavy atom. The van der Waals surface area contributed by atoms with Crippen molar-refractivity contribution in [2.24, 2.45) is 0 Å². The molecule has 1 aliphatic carbocycles. The number of hydrogen-bond acceptors (Lipinski definition) is 2. The Hall–Kier alpha value is -2.75. The van der Waals surface area contributed by atoms with Crippen LogP contribution in [0, 0.1) is 5.82 Å². The maximum Gasteiger partial charge on any atom is 0.258 e. The largest absolute Gasteiger partial charge is 0.307 e. The van der Waals surface area contributed by atoms with E-state index in [1.165, 1.54) is 6.07 Å². The summed E-state index contributed by atoms with van der Waals surface area (Å²) in [6.45, 7) is 0.577. The summed E-state index contributed by atoms with van der Waals surface area (Å²) in [5.74, 6) is -0.242. The van der Waals surface area contributed by atoms with Gasteiger partial charge in [-0.05, 0) is 49.2 Å². The zero-order valence-corrected chi connectivity index (χ0v) is 14.4. The van der Waals surface area contributed by atoms with Gasteiger partial charge in [0.05, 0.1) is 11.2 Å². The lowest BCUT2D eigenvalue weighted by atomic mass is 9.80. The summed E-state index contributed by atoms with van der Waals surface area (Å²) in [6, 6.07) is 14.5. The maximum absolute atomic E-state index is 14.7. The molecule has 4 heteroatoms. The third kappa shape index (κ3) is 2.18. The van der Waals surface area contributed by atoms with Crippen molar-refractivity contribution in [2.75, 3.05) is 11.4 Å². The summed E-state index contributed by atoms with van der Waals surface area (Å²) in [5, 5.41) is 0.938. The normalized spacial score (nSPS) is 17.8. The predicted octanol–water partition coefficient (Wildman–Crippen LogP) is 4.85. The molecular weight excluding hydrogens is 327 g/mol. The molecule has 2 aliphatic rings. The second kappa shape index (κ2) is 5.63. The predicted molar refractivity (Wildman–Crippen MR) is 100.0 cm³/mol. The van der Waals surface area contributed by atoms with Gasteiger partial charge in [0.1, 0.15) is 5.82 Å². The highest BCUT2D eigenvalue weighted by molar-refractivity contribution is 6.09. The minimum atomic E-state index is -0.214. The molecule has 0 saturated heterocycles. The van der Waals surface area contributed by atoms with Crippen molar-refractivity contribution in [1.82, 2.24) is 4.98 Å². The number of carbonyl (C=O) groups is 1. The van der Waals surface area contributed by atoms with E-state index in [1.807, 2.05) is 36.4 Å². The molecule has 0 unspecified atom stereocenters. The summed E-state index contributed by atoms with van der Waals surface area (Å²) in [4.78, 5) is 19.4. The van der Waals surface area contributed by atoms with Gasteiger partial charge in [0, 0.05) is 34.7 Å². The van der Waals surface area contributed by atoms with Gasteiger partial charge in [0.2, 0.25) is 0 Å². The van der Waals surface area contributed by atoms with Gasteiger partial charge in [-0.3, -0.25) is 9.78 Å². The first-order valence-electron chi connectivity index (χ1n) is 9.14. The van der Waals surface area contributed by atoms with Gasteiger partial charge in [-0.15, -0.1) is 0 Å². The molecule has 1 aromatic heterocycles. The molecule has 1 saturated carbocycles. The molecule has 3 aromatic rings. The average molecular weight is 346 g/mol. The van der Waals surface area contributed by atoms with Gasteiger partial charge >= 0.3 is 0 Å². The molecule has 130 valence electrons. The van der Waals surface area contributed by atoms with Crippen LogP contribution in [0.3, 0.4) is 0 Å². The molecule has 2 heterocycles. The molecule has 3 nitrogen and oxygen atoms in total. The molecule has 1 amide bonds. The van der Waals surface area contributed by atoms with Gasteiger partial charge in [-0.25, -0.2) is 4.39 Å². The molecule has 0 N–H and O–H groups in total. The molecule has 0 bridgehead atoms. The highest BCUT2D eigenvalue weighted by Gasteiger charge is 2.48. The van der Waals surface area contributed by atoms with E-state index in [2.05, 4.69) is 4.98 Å². The first-order valence-corrected chi connectivity index (χ1v) is 9.14. The number of hydrogen-bond donors (Lipinski definition) is 0. The van der Waals surface area contributed by atoms with Crippen LogP contribution < -0.4 is 4.90 Å². The summed E-state index contributed by atoms with van der Waals surface area (Å²) in [5.41, 5.74) is 2.76. The first-order chi connectivity index (χ1) is 12.7. The van der Waals surface area contributed by atoms with Crippen molar-refractivity contribution in [3.63, 3.8) is 0 Å². The van der Waals surface area contributed by atoms with Crippen LogP contribution in [0.5, 0.6) is 0 Å². The fourth-order valence-electron chi connectivity index (χ4n) is 4.74. The van der Waals surface area contributed by atoms with Crippen LogP contribution in [0.1, 0.15) is 41.6 Å². The Bertz CT molecular complexity index is 1020. The number of anilines is 1. The van der Waals surface area contributed by atoms with Crippen LogP contribution >= 0.6 is 0 Å². The lowest BCUT2D eigenvalue weighted by molar-refractivity contribution is 0.0985. The number of halogens is 1. The van der Waals surface area contributed by atoms with Crippen molar-refractivity contribution < 1.29 is 9.18 Å². The molecule has 0 radical (unpaired) electrons. The highest BCUT2D eigenvalue weighted by Crippen LogP contribution is 2.51.